The maximum atomic E-state index is 6.19. The molecule has 0 spiro atoms. The molecule has 0 aliphatic carbocycles. The number of benzene rings is 2. The molecule has 1 N–H and O–H groups in total. The monoisotopic (exact) mass is 368 g/mol. The molecule has 1 aliphatic rings. The average molecular weight is 369 g/mol. The molecule has 146 valence electrons. The van der Waals surface area contributed by atoms with Crippen LogP contribution in [0.2, 0.25) is 0 Å². The molecule has 0 aromatic heterocycles. The summed E-state index contributed by atoms with van der Waals surface area (Å²) < 4.78 is 11.7. The molecule has 0 bridgehead atoms. The number of hydrogen-bond acceptors (Lipinski definition) is 4. The van der Waals surface area contributed by atoms with E-state index in [4.69, 9.17) is 9.47 Å². The van der Waals surface area contributed by atoms with E-state index >= 15 is 0 Å². The van der Waals surface area contributed by atoms with Gasteiger partial charge in [-0.25, -0.2) is 0 Å². The topological polar surface area (TPSA) is 33.7 Å². The number of nitrogens with zero attached hydrogens (tertiary/aromatic N) is 1. The second-order valence-corrected chi connectivity index (χ2v) is 7.28. The summed E-state index contributed by atoms with van der Waals surface area (Å²) in [5.41, 5.74) is 3.56. The standard InChI is InChI=1S/C23H32N2O2/c1-4-25-13-7-11-21(25)16-24-15-20-10-6-12-22(26-3)23(20)27-17-19-9-5-8-18(2)14-19/h5-6,8-10,12,14,21,24H,4,7,11,13,15-17H2,1-3H3/t21-/m1/s1. The van der Waals surface area contributed by atoms with Gasteiger partial charge in [0, 0.05) is 24.7 Å². The first kappa shape index (κ1) is 19.7. The van der Waals surface area contributed by atoms with Gasteiger partial charge in [0.15, 0.2) is 11.5 Å². The van der Waals surface area contributed by atoms with E-state index in [-0.39, 0.29) is 0 Å². The smallest absolute Gasteiger partial charge is 0.166 e. The summed E-state index contributed by atoms with van der Waals surface area (Å²) in [6.45, 7) is 9.06. The fourth-order valence-corrected chi connectivity index (χ4v) is 3.90. The zero-order chi connectivity index (χ0) is 19.1. The molecule has 0 amide bonds. The van der Waals surface area contributed by atoms with Crippen LogP contribution in [0.5, 0.6) is 11.5 Å². The molecule has 0 unspecified atom stereocenters. The average Bonchev–Trinajstić information content (AvgIpc) is 3.14. The van der Waals surface area contributed by atoms with Gasteiger partial charge < -0.3 is 14.8 Å². The van der Waals surface area contributed by atoms with Crippen LogP contribution in [-0.4, -0.2) is 37.7 Å². The summed E-state index contributed by atoms with van der Waals surface area (Å²) in [5, 5.41) is 3.63. The van der Waals surface area contributed by atoms with E-state index in [9.17, 15) is 0 Å². The van der Waals surface area contributed by atoms with Crippen molar-refractivity contribution in [2.45, 2.75) is 45.9 Å². The number of likely N-dealkylation sites (N-methyl/N-ethyl adjacent to an activating group) is 1. The summed E-state index contributed by atoms with van der Waals surface area (Å²) in [5.74, 6) is 1.63. The summed E-state index contributed by atoms with van der Waals surface area (Å²) in [7, 11) is 1.70. The van der Waals surface area contributed by atoms with Crippen LogP contribution in [0.15, 0.2) is 42.5 Å². The molecule has 1 aliphatic heterocycles. The number of likely N-dealkylation sites (tertiary alicyclic amines) is 1. The second kappa shape index (κ2) is 9.77. The Morgan fingerprint density at radius 3 is 2.81 bits per heavy atom. The molecule has 4 nitrogen and oxygen atoms in total. The number of ether oxygens (including phenoxy) is 2. The quantitative estimate of drug-likeness (QED) is 0.721. The van der Waals surface area contributed by atoms with Crippen molar-refractivity contribution in [3.05, 3.63) is 59.2 Å². The molecule has 1 heterocycles. The third-order valence-corrected chi connectivity index (χ3v) is 5.35. The maximum Gasteiger partial charge on any atom is 0.166 e. The number of aryl methyl sites for hydroxylation is 1. The third-order valence-electron chi connectivity index (χ3n) is 5.35. The first-order valence-corrected chi connectivity index (χ1v) is 10.00. The van der Waals surface area contributed by atoms with Crippen molar-refractivity contribution in [3.63, 3.8) is 0 Å². The SMILES string of the molecule is CCN1CCC[C@@H]1CNCc1cccc(OC)c1OCc1cccc(C)c1. The molecule has 27 heavy (non-hydrogen) atoms. The van der Waals surface area contributed by atoms with E-state index in [1.165, 1.54) is 30.5 Å². The lowest BCUT2D eigenvalue weighted by atomic mass is 10.1. The highest BCUT2D eigenvalue weighted by atomic mass is 16.5. The van der Waals surface area contributed by atoms with Crippen molar-refractivity contribution < 1.29 is 9.47 Å². The van der Waals surface area contributed by atoms with Crippen LogP contribution in [-0.2, 0) is 13.2 Å². The first-order chi connectivity index (χ1) is 13.2. The predicted octanol–water partition coefficient (Wildman–Crippen LogP) is 4.16. The zero-order valence-electron chi connectivity index (χ0n) is 16.8. The van der Waals surface area contributed by atoms with Crippen LogP contribution in [0.4, 0.5) is 0 Å². The minimum Gasteiger partial charge on any atom is -0.493 e. The van der Waals surface area contributed by atoms with Gasteiger partial charge >= 0.3 is 0 Å². The molecule has 0 radical (unpaired) electrons. The van der Waals surface area contributed by atoms with Crippen LogP contribution in [0.1, 0.15) is 36.5 Å². The molecule has 3 rings (SSSR count). The van der Waals surface area contributed by atoms with Gasteiger partial charge in [0.05, 0.1) is 7.11 Å². The van der Waals surface area contributed by atoms with Crippen molar-refractivity contribution in [1.29, 1.82) is 0 Å². The zero-order valence-corrected chi connectivity index (χ0v) is 16.8. The van der Waals surface area contributed by atoms with Crippen LogP contribution in [0.3, 0.4) is 0 Å². The van der Waals surface area contributed by atoms with Gasteiger partial charge in [0.25, 0.3) is 0 Å². The van der Waals surface area contributed by atoms with Gasteiger partial charge in [0.2, 0.25) is 0 Å². The van der Waals surface area contributed by atoms with Crippen molar-refractivity contribution in [2.75, 3.05) is 26.7 Å². The molecule has 2 aromatic rings. The fraction of sp³-hybridized carbons (Fsp3) is 0.478. The fourth-order valence-electron chi connectivity index (χ4n) is 3.90. The van der Waals surface area contributed by atoms with Gasteiger partial charge in [-0.2, -0.15) is 0 Å². The number of methoxy groups -OCH3 is 1. The van der Waals surface area contributed by atoms with Gasteiger partial charge in [-0.15, -0.1) is 0 Å². The largest absolute Gasteiger partial charge is 0.493 e. The third kappa shape index (κ3) is 5.24. The maximum absolute atomic E-state index is 6.19. The number of nitrogens with one attached hydrogen (secondary N) is 1. The summed E-state index contributed by atoms with van der Waals surface area (Å²) >= 11 is 0. The van der Waals surface area contributed by atoms with E-state index in [0.717, 1.165) is 36.7 Å². The Hall–Kier alpha value is -2.04. The lowest BCUT2D eigenvalue weighted by Crippen LogP contribution is -2.37. The minimum absolute atomic E-state index is 0.543. The lowest BCUT2D eigenvalue weighted by molar-refractivity contribution is 0.258. The van der Waals surface area contributed by atoms with Crippen LogP contribution in [0.25, 0.3) is 0 Å². The van der Waals surface area contributed by atoms with E-state index in [0.29, 0.717) is 12.6 Å². The molecule has 1 saturated heterocycles. The molecule has 1 atom stereocenters. The number of para-hydroxylation sites is 1. The van der Waals surface area contributed by atoms with Gasteiger partial charge in [0.1, 0.15) is 6.61 Å². The van der Waals surface area contributed by atoms with Crippen LogP contribution < -0.4 is 14.8 Å². The van der Waals surface area contributed by atoms with Crippen molar-refractivity contribution in [2.24, 2.45) is 0 Å². The number of rotatable bonds is 9. The highest BCUT2D eigenvalue weighted by Gasteiger charge is 2.22. The van der Waals surface area contributed by atoms with Crippen LogP contribution in [0, 0.1) is 6.92 Å². The molecular formula is C23H32N2O2. The van der Waals surface area contributed by atoms with E-state index in [2.05, 4.69) is 54.4 Å². The Labute approximate surface area is 163 Å². The van der Waals surface area contributed by atoms with E-state index in [1.807, 2.05) is 12.1 Å². The molecule has 2 aromatic carbocycles. The van der Waals surface area contributed by atoms with Crippen molar-refractivity contribution in [1.82, 2.24) is 10.2 Å². The van der Waals surface area contributed by atoms with Crippen LogP contribution >= 0.6 is 0 Å². The van der Waals surface area contributed by atoms with Gasteiger partial charge in [-0.05, 0) is 44.5 Å². The van der Waals surface area contributed by atoms with Gasteiger partial charge in [-0.3, -0.25) is 4.90 Å². The minimum atomic E-state index is 0.543. The van der Waals surface area contributed by atoms with E-state index in [1.54, 1.807) is 7.11 Å². The predicted molar refractivity (Wildman–Crippen MR) is 110 cm³/mol. The highest BCUT2D eigenvalue weighted by molar-refractivity contribution is 5.46. The van der Waals surface area contributed by atoms with E-state index < -0.39 is 0 Å². The summed E-state index contributed by atoms with van der Waals surface area (Å²) in [6, 6.07) is 15.2. The van der Waals surface area contributed by atoms with Crippen molar-refractivity contribution >= 4 is 0 Å². The lowest BCUT2D eigenvalue weighted by Gasteiger charge is -2.23. The number of hydrogen-bond donors (Lipinski definition) is 1. The molecule has 1 fully saturated rings. The molecular weight excluding hydrogens is 336 g/mol. The summed E-state index contributed by atoms with van der Waals surface area (Å²) in [6.07, 6.45) is 2.60. The summed E-state index contributed by atoms with van der Waals surface area (Å²) in [4.78, 5) is 2.56. The Kier molecular flexibility index (Phi) is 7.13. The Morgan fingerprint density at radius 2 is 2.04 bits per heavy atom. The highest BCUT2D eigenvalue weighted by Crippen LogP contribution is 2.32. The molecule has 0 saturated carbocycles. The Bertz CT molecular complexity index is 732. The Balaban J connectivity index is 1.64. The normalized spacial score (nSPS) is 17.2. The van der Waals surface area contributed by atoms with Gasteiger partial charge in [-0.1, -0.05) is 48.9 Å². The molecule has 4 heteroatoms. The van der Waals surface area contributed by atoms with Crippen molar-refractivity contribution in [3.8, 4) is 11.5 Å². The first-order valence-electron chi connectivity index (χ1n) is 10.00. The Morgan fingerprint density at radius 1 is 1.19 bits per heavy atom. The second-order valence-electron chi connectivity index (χ2n) is 7.28.